The zero-order valence-corrected chi connectivity index (χ0v) is 18.5. The highest BCUT2D eigenvalue weighted by molar-refractivity contribution is 5.53. The van der Waals surface area contributed by atoms with E-state index in [0.29, 0.717) is 29.7 Å². The number of hydrogen-bond donors (Lipinski definition) is 1. The van der Waals surface area contributed by atoms with E-state index in [2.05, 4.69) is 47.8 Å². The van der Waals surface area contributed by atoms with Crippen LogP contribution in [0.25, 0.3) is 11.4 Å². The number of rotatable bonds is 8. The van der Waals surface area contributed by atoms with E-state index in [4.69, 9.17) is 4.74 Å². The molecule has 2 fully saturated rings. The van der Waals surface area contributed by atoms with Gasteiger partial charge in [-0.1, -0.05) is 11.6 Å². The summed E-state index contributed by atoms with van der Waals surface area (Å²) in [5.41, 5.74) is 3.42. The molecule has 5 rings (SSSR count). The maximum Gasteiger partial charge on any atom is 0.141 e. The lowest BCUT2D eigenvalue weighted by atomic mass is 9.85. The zero-order valence-electron chi connectivity index (χ0n) is 18.5. The monoisotopic (exact) mass is 434 g/mol. The quantitative estimate of drug-likeness (QED) is 0.578. The highest BCUT2D eigenvalue weighted by Gasteiger charge is 2.23. The van der Waals surface area contributed by atoms with Crippen molar-refractivity contribution in [2.75, 3.05) is 31.6 Å². The van der Waals surface area contributed by atoms with Crippen LogP contribution in [0.5, 0.6) is 5.75 Å². The summed E-state index contributed by atoms with van der Waals surface area (Å²) >= 11 is 0. The lowest BCUT2D eigenvalue weighted by molar-refractivity contribution is 0.280. The molecule has 4 heterocycles. The van der Waals surface area contributed by atoms with Gasteiger partial charge >= 0.3 is 0 Å². The number of pyridine rings is 1. The maximum absolute atomic E-state index is 5.20. The van der Waals surface area contributed by atoms with Gasteiger partial charge in [-0.15, -0.1) is 10.2 Å². The fourth-order valence-electron chi connectivity index (χ4n) is 4.35. The van der Waals surface area contributed by atoms with Crippen molar-refractivity contribution < 1.29 is 4.74 Å². The Kier molecular flexibility index (Phi) is 6.24. The molecule has 1 N–H and O–H groups in total. The Balaban J connectivity index is 1.18. The Morgan fingerprint density at radius 2 is 2.03 bits per heavy atom. The standard InChI is InChI=1S/C23H30N8O/c1-32-21-10-22(27-26-13-21)23-16-31(29-28-23)15-19-7-8-20(12-25-19)30-9-3-6-18(14-30)24-11-17-4-2-5-17/h7-8,10,12-13,16-18,24H,2-6,9,11,14-15H2,1H3/t18-/m1/s1. The van der Waals surface area contributed by atoms with Crippen molar-refractivity contribution in [2.45, 2.75) is 44.7 Å². The molecule has 3 aromatic heterocycles. The van der Waals surface area contributed by atoms with Crippen LogP contribution in [0.2, 0.25) is 0 Å². The van der Waals surface area contributed by atoms with Crippen molar-refractivity contribution in [3.05, 3.63) is 42.5 Å². The van der Waals surface area contributed by atoms with Crippen LogP contribution in [0, 0.1) is 5.92 Å². The molecule has 1 atom stereocenters. The summed E-state index contributed by atoms with van der Waals surface area (Å²) in [6.45, 7) is 3.88. The Hall–Kier alpha value is -3.07. The van der Waals surface area contributed by atoms with Crippen LogP contribution in [0.4, 0.5) is 5.69 Å². The van der Waals surface area contributed by atoms with Crippen LogP contribution in [0.15, 0.2) is 36.8 Å². The smallest absolute Gasteiger partial charge is 0.141 e. The molecule has 0 spiro atoms. The number of methoxy groups -OCH3 is 1. The van der Waals surface area contributed by atoms with Crippen LogP contribution in [0.1, 0.15) is 37.8 Å². The molecule has 1 aliphatic heterocycles. The predicted octanol–water partition coefficient (Wildman–Crippen LogP) is 2.55. The lowest BCUT2D eigenvalue weighted by Crippen LogP contribution is -2.47. The third kappa shape index (κ3) is 4.88. The number of nitrogens with one attached hydrogen (secondary N) is 1. The van der Waals surface area contributed by atoms with Gasteiger partial charge in [0.05, 0.1) is 43.6 Å². The van der Waals surface area contributed by atoms with Gasteiger partial charge in [-0.2, -0.15) is 5.10 Å². The molecule has 2 aliphatic rings. The Bertz CT molecular complexity index is 1020. The molecular weight excluding hydrogens is 404 g/mol. The van der Waals surface area contributed by atoms with E-state index < -0.39 is 0 Å². The van der Waals surface area contributed by atoms with E-state index in [-0.39, 0.29) is 0 Å². The molecule has 32 heavy (non-hydrogen) atoms. The summed E-state index contributed by atoms with van der Waals surface area (Å²) in [6.07, 6.45) is 12.1. The lowest BCUT2D eigenvalue weighted by Gasteiger charge is -2.36. The molecule has 1 aliphatic carbocycles. The first-order valence-electron chi connectivity index (χ1n) is 11.5. The topological polar surface area (TPSA) is 93.9 Å². The van der Waals surface area contributed by atoms with E-state index in [1.165, 1.54) is 44.3 Å². The molecule has 1 saturated carbocycles. The van der Waals surface area contributed by atoms with E-state index in [1.807, 2.05) is 12.4 Å². The van der Waals surface area contributed by atoms with Gasteiger partial charge in [0, 0.05) is 25.2 Å². The maximum atomic E-state index is 5.20. The SMILES string of the molecule is COc1cnnc(-c2cn(Cc3ccc(N4CCC[C@@H](NCC5CCC5)C4)cn3)nn2)c1. The summed E-state index contributed by atoms with van der Waals surface area (Å²) in [5, 5.41) is 20.3. The molecular formula is C23H30N8O. The third-order valence-electron chi connectivity index (χ3n) is 6.51. The average molecular weight is 435 g/mol. The van der Waals surface area contributed by atoms with Crippen LogP contribution in [-0.4, -0.2) is 63.0 Å². The molecule has 0 aromatic carbocycles. The zero-order chi connectivity index (χ0) is 21.8. The molecule has 0 bridgehead atoms. The molecule has 9 heteroatoms. The number of anilines is 1. The first kappa shape index (κ1) is 20.8. The Labute approximate surface area is 188 Å². The van der Waals surface area contributed by atoms with Crippen molar-refractivity contribution >= 4 is 5.69 Å². The summed E-state index contributed by atoms with van der Waals surface area (Å²) in [4.78, 5) is 7.13. The van der Waals surface area contributed by atoms with Gasteiger partial charge in [0.2, 0.25) is 0 Å². The van der Waals surface area contributed by atoms with Crippen molar-refractivity contribution in [3.63, 3.8) is 0 Å². The number of ether oxygens (including phenoxy) is 1. The van der Waals surface area contributed by atoms with Crippen LogP contribution < -0.4 is 15.0 Å². The predicted molar refractivity (Wildman–Crippen MR) is 122 cm³/mol. The highest BCUT2D eigenvalue weighted by Crippen LogP contribution is 2.26. The number of piperidine rings is 1. The number of hydrogen-bond acceptors (Lipinski definition) is 8. The van der Waals surface area contributed by atoms with E-state index in [0.717, 1.165) is 24.7 Å². The number of nitrogens with zero attached hydrogens (tertiary/aromatic N) is 7. The second kappa shape index (κ2) is 9.60. The fourth-order valence-corrected chi connectivity index (χ4v) is 4.35. The van der Waals surface area contributed by atoms with Crippen molar-refractivity contribution in [2.24, 2.45) is 5.92 Å². The Morgan fingerprint density at radius 3 is 2.81 bits per heavy atom. The van der Waals surface area contributed by atoms with Crippen molar-refractivity contribution in [1.29, 1.82) is 0 Å². The second-order valence-electron chi connectivity index (χ2n) is 8.78. The Morgan fingerprint density at radius 1 is 1.09 bits per heavy atom. The van der Waals surface area contributed by atoms with E-state index in [9.17, 15) is 0 Å². The van der Waals surface area contributed by atoms with Gasteiger partial charge in [0.15, 0.2) is 0 Å². The van der Waals surface area contributed by atoms with Crippen LogP contribution in [0.3, 0.4) is 0 Å². The minimum Gasteiger partial charge on any atom is -0.495 e. The first-order valence-corrected chi connectivity index (χ1v) is 11.5. The molecule has 168 valence electrons. The largest absolute Gasteiger partial charge is 0.495 e. The van der Waals surface area contributed by atoms with Gasteiger partial charge in [-0.05, 0) is 50.3 Å². The van der Waals surface area contributed by atoms with Crippen molar-refractivity contribution in [3.8, 4) is 17.1 Å². The van der Waals surface area contributed by atoms with Crippen molar-refractivity contribution in [1.82, 2.24) is 35.5 Å². The average Bonchev–Trinajstić information content (AvgIpc) is 3.27. The van der Waals surface area contributed by atoms with Gasteiger partial charge in [0.25, 0.3) is 0 Å². The first-order chi connectivity index (χ1) is 15.8. The molecule has 0 amide bonds. The molecule has 9 nitrogen and oxygen atoms in total. The minimum absolute atomic E-state index is 0.552. The molecule has 3 aromatic rings. The summed E-state index contributed by atoms with van der Waals surface area (Å²) < 4.78 is 6.97. The van der Waals surface area contributed by atoms with Gasteiger partial charge < -0.3 is 15.0 Å². The van der Waals surface area contributed by atoms with Gasteiger partial charge in [-0.25, -0.2) is 4.68 Å². The normalized spacial score (nSPS) is 19.0. The van der Waals surface area contributed by atoms with Crippen LogP contribution >= 0.6 is 0 Å². The second-order valence-corrected chi connectivity index (χ2v) is 8.78. The molecule has 0 unspecified atom stereocenters. The summed E-state index contributed by atoms with van der Waals surface area (Å²) in [5.74, 6) is 1.54. The summed E-state index contributed by atoms with van der Waals surface area (Å²) in [7, 11) is 1.60. The summed E-state index contributed by atoms with van der Waals surface area (Å²) in [6, 6.07) is 6.62. The molecule has 1 saturated heterocycles. The van der Waals surface area contributed by atoms with E-state index >= 15 is 0 Å². The fraction of sp³-hybridized carbons (Fsp3) is 0.522. The molecule has 0 radical (unpaired) electrons. The third-order valence-corrected chi connectivity index (χ3v) is 6.51. The minimum atomic E-state index is 0.552. The van der Waals surface area contributed by atoms with E-state index in [1.54, 1.807) is 24.1 Å². The van der Waals surface area contributed by atoms with Crippen LogP contribution in [-0.2, 0) is 6.54 Å². The highest BCUT2D eigenvalue weighted by atomic mass is 16.5. The number of aromatic nitrogens is 6. The van der Waals surface area contributed by atoms with Gasteiger partial charge in [-0.3, -0.25) is 4.98 Å². The van der Waals surface area contributed by atoms with Gasteiger partial charge in [0.1, 0.15) is 17.1 Å².